The Morgan fingerprint density at radius 2 is 2.00 bits per heavy atom. The highest BCUT2D eigenvalue weighted by atomic mass is 32.2. The number of hydrogen-bond donors (Lipinski definition) is 1. The smallest absolute Gasteiger partial charge is 0.267 e. The van der Waals surface area contributed by atoms with Crippen molar-refractivity contribution in [2.45, 2.75) is 37.0 Å². The van der Waals surface area contributed by atoms with Crippen LogP contribution in [0.1, 0.15) is 31.2 Å². The van der Waals surface area contributed by atoms with Gasteiger partial charge >= 0.3 is 0 Å². The monoisotopic (exact) mass is 328 g/mol. The first-order valence-corrected chi connectivity index (χ1v) is 8.70. The van der Waals surface area contributed by atoms with Crippen LogP contribution in [0.25, 0.3) is 0 Å². The molecule has 1 N–H and O–H groups in total. The van der Waals surface area contributed by atoms with Gasteiger partial charge in [-0.15, -0.1) is 0 Å². The molecular weight excluding hydrogens is 311 g/mol. The zero-order chi connectivity index (χ0) is 15.7. The Bertz CT molecular complexity index is 697. The predicted molar refractivity (Wildman–Crippen MR) is 77.0 cm³/mol. The second-order valence-corrected chi connectivity index (χ2v) is 7.21. The molecular formula is C14H17FN2O4S. The number of hydrogen-bond acceptors (Lipinski definition) is 4. The molecule has 3 rings (SSSR count). The quantitative estimate of drug-likeness (QED) is 0.898. The number of sulfonamides is 1. The van der Waals surface area contributed by atoms with E-state index in [9.17, 15) is 17.6 Å². The molecule has 0 bridgehead atoms. The molecule has 120 valence electrons. The summed E-state index contributed by atoms with van der Waals surface area (Å²) in [5.74, 6) is -1.08. The number of hydroxylamine groups is 1. The first-order valence-electron chi connectivity index (χ1n) is 7.26. The van der Waals surface area contributed by atoms with Crippen LogP contribution >= 0.6 is 0 Å². The molecule has 0 spiro atoms. The Kier molecular flexibility index (Phi) is 4.16. The molecule has 6 nitrogen and oxygen atoms in total. The maximum Gasteiger partial charge on any atom is 0.267 e. The summed E-state index contributed by atoms with van der Waals surface area (Å²) in [6.07, 6.45) is 3.00. The number of amides is 1. The molecule has 0 saturated carbocycles. The van der Waals surface area contributed by atoms with Gasteiger partial charge in [0, 0.05) is 18.7 Å². The number of rotatable bonds is 2. The van der Waals surface area contributed by atoms with Gasteiger partial charge in [-0.05, 0) is 43.4 Å². The highest BCUT2D eigenvalue weighted by Gasteiger charge is 2.31. The van der Waals surface area contributed by atoms with Crippen molar-refractivity contribution in [3.8, 4) is 0 Å². The number of nitrogens with zero attached hydrogens (tertiary/aromatic N) is 1. The van der Waals surface area contributed by atoms with Crippen molar-refractivity contribution in [2.75, 3.05) is 18.5 Å². The summed E-state index contributed by atoms with van der Waals surface area (Å²) in [6, 6.07) is 2.37. The summed E-state index contributed by atoms with van der Waals surface area (Å²) in [5.41, 5.74) is 0.957. The van der Waals surface area contributed by atoms with Crippen molar-refractivity contribution in [1.29, 1.82) is 0 Å². The SMILES string of the molecule is O=C1CCc2cc(S(=O)(=O)N3CCCCCO3)c(F)cc2N1. The number of nitrogens with one attached hydrogen (secondary N) is 1. The Labute approximate surface area is 128 Å². The van der Waals surface area contributed by atoms with Crippen LogP contribution < -0.4 is 5.32 Å². The summed E-state index contributed by atoms with van der Waals surface area (Å²) in [7, 11) is -4.04. The van der Waals surface area contributed by atoms with Crippen LogP contribution in [-0.2, 0) is 26.1 Å². The molecule has 1 fully saturated rings. The fourth-order valence-corrected chi connectivity index (χ4v) is 4.03. The number of benzene rings is 1. The maximum atomic E-state index is 14.2. The minimum Gasteiger partial charge on any atom is -0.326 e. The van der Waals surface area contributed by atoms with Crippen molar-refractivity contribution < 1.29 is 22.4 Å². The standard InChI is InChI=1S/C14H17FN2O4S/c15-11-9-12-10(4-5-14(18)16-12)8-13(11)22(19,20)17-6-2-1-3-7-21-17/h8-9H,1-7H2,(H,16,18). The van der Waals surface area contributed by atoms with Gasteiger partial charge < -0.3 is 5.32 Å². The molecule has 22 heavy (non-hydrogen) atoms. The van der Waals surface area contributed by atoms with E-state index in [0.717, 1.165) is 23.4 Å². The zero-order valence-electron chi connectivity index (χ0n) is 12.0. The topological polar surface area (TPSA) is 75.7 Å². The van der Waals surface area contributed by atoms with E-state index in [1.54, 1.807) is 0 Å². The fraction of sp³-hybridized carbons (Fsp3) is 0.500. The van der Waals surface area contributed by atoms with Gasteiger partial charge in [0.05, 0.1) is 6.61 Å². The second-order valence-electron chi connectivity index (χ2n) is 5.41. The van der Waals surface area contributed by atoms with Gasteiger partial charge in [-0.1, -0.05) is 4.47 Å². The molecule has 0 radical (unpaired) electrons. The van der Waals surface area contributed by atoms with Crippen LogP contribution in [-0.4, -0.2) is 31.9 Å². The van der Waals surface area contributed by atoms with E-state index in [-0.39, 0.29) is 18.9 Å². The number of aryl methyl sites for hydroxylation is 1. The van der Waals surface area contributed by atoms with E-state index in [1.165, 1.54) is 6.07 Å². The van der Waals surface area contributed by atoms with Crippen molar-refractivity contribution in [3.05, 3.63) is 23.5 Å². The van der Waals surface area contributed by atoms with Gasteiger partial charge in [-0.25, -0.2) is 12.8 Å². The summed E-state index contributed by atoms with van der Waals surface area (Å²) in [4.78, 5) is 16.2. The molecule has 2 aliphatic heterocycles. The van der Waals surface area contributed by atoms with Crippen LogP contribution in [0, 0.1) is 5.82 Å². The van der Waals surface area contributed by atoms with Crippen molar-refractivity contribution in [1.82, 2.24) is 4.47 Å². The maximum absolute atomic E-state index is 14.2. The Morgan fingerprint density at radius 1 is 1.18 bits per heavy atom. The molecule has 0 atom stereocenters. The first kappa shape index (κ1) is 15.4. The Balaban J connectivity index is 1.98. The number of anilines is 1. The van der Waals surface area contributed by atoms with Crippen molar-refractivity contribution in [2.24, 2.45) is 0 Å². The molecule has 0 unspecified atom stereocenters. The third-order valence-corrected chi connectivity index (χ3v) is 5.51. The third kappa shape index (κ3) is 2.86. The summed E-state index contributed by atoms with van der Waals surface area (Å²) in [6.45, 7) is 0.525. The summed E-state index contributed by atoms with van der Waals surface area (Å²) >= 11 is 0. The predicted octanol–water partition coefficient (Wildman–Crippen LogP) is 1.82. The van der Waals surface area contributed by atoms with Gasteiger partial charge in [-0.3, -0.25) is 9.63 Å². The molecule has 0 aromatic heterocycles. The minimum atomic E-state index is -4.04. The number of halogens is 1. The van der Waals surface area contributed by atoms with E-state index in [2.05, 4.69) is 5.32 Å². The lowest BCUT2D eigenvalue weighted by molar-refractivity contribution is -0.116. The molecule has 1 amide bonds. The van der Waals surface area contributed by atoms with Crippen molar-refractivity contribution >= 4 is 21.6 Å². The summed E-state index contributed by atoms with van der Waals surface area (Å²) < 4.78 is 40.3. The van der Waals surface area contributed by atoms with Crippen LogP contribution in [0.4, 0.5) is 10.1 Å². The average molecular weight is 328 g/mol. The molecule has 1 aromatic rings. The van der Waals surface area contributed by atoms with E-state index in [4.69, 9.17) is 4.84 Å². The van der Waals surface area contributed by atoms with E-state index in [0.29, 0.717) is 30.7 Å². The van der Waals surface area contributed by atoms with Gasteiger partial charge in [0.25, 0.3) is 10.0 Å². The van der Waals surface area contributed by atoms with E-state index in [1.807, 2.05) is 0 Å². The lowest BCUT2D eigenvalue weighted by Gasteiger charge is -2.22. The largest absolute Gasteiger partial charge is 0.326 e. The highest BCUT2D eigenvalue weighted by Crippen LogP contribution is 2.30. The van der Waals surface area contributed by atoms with E-state index >= 15 is 0 Å². The normalized spacial score (nSPS) is 20.1. The van der Waals surface area contributed by atoms with Crippen LogP contribution in [0.5, 0.6) is 0 Å². The van der Waals surface area contributed by atoms with Crippen LogP contribution in [0.2, 0.25) is 0 Å². The zero-order valence-corrected chi connectivity index (χ0v) is 12.8. The lowest BCUT2D eigenvalue weighted by Crippen LogP contribution is -2.32. The average Bonchev–Trinajstić information content (AvgIpc) is 2.75. The number of carbonyl (C=O) groups is 1. The fourth-order valence-electron chi connectivity index (χ4n) is 2.63. The summed E-state index contributed by atoms with van der Waals surface area (Å²) in [5, 5.41) is 2.55. The molecule has 8 heteroatoms. The third-order valence-electron chi connectivity index (χ3n) is 3.82. The minimum absolute atomic E-state index is 0.196. The number of fused-ring (bicyclic) bond motifs is 1. The number of carbonyl (C=O) groups excluding carboxylic acids is 1. The van der Waals surface area contributed by atoms with E-state index < -0.39 is 20.7 Å². The Morgan fingerprint density at radius 3 is 2.82 bits per heavy atom. The molecule has 2 aliphatic rings. The Hall–Kier alpha value is -1.51. The molecule has 2 heterocycles. The molecule has 0 aliphatic carbocycles. The second kappa shape index (κ2) is 5.94. The highest BCUT2D eigenvalue weighted by molar-refractivity contribution is 7.89. The van der Waals surface area contributed by atoms with Gasteiger partial charge in [0.1, 0.15) is 10.7 Å². The van der Waals surface area contributed by atoms with Gasteiger partial charge in [0.2, 0.25) is 5.91 Å². The molecule has 1 saturated heterocycles. The first-order chi connectivity index (χ1) is 10.5. The molecule has 1 aromatic carbocycles. The van der Waals surface area contributed by atoms with Crippen LogP contribution in [0.3, 0.4) is 0 Å². The van der Waals surface area contributed by atoms with Gasteiger partial charge in [-0.2, -0.15) is 0 Å². The lowest BCUT2D eigenvalue weighted by atomic mass is 10.0. The van der Waals surface area contributed by atoms with Crippen LogP contribution in [0.15, 0.2) is 17.0 Å². The van der Waals surface area contributed by atoms with Gasteiger partial charge in [0.15, 0.2) is 0 Å². The van der Waals surface area contributed by atoms with Crippen molar-refractivity contribution in [3.63, 3.8) is 0 Å².